The van der Waals surface area contributed by atoms with Crippen molar-refractivity contribution in [2.75, 3.05) is 20.8 Å². The summed E-state index contributed by atoms with van der Waals surface area (Å²) in [6.07, 6.45) is 3.76. The Hall–Kier alpha value is -1.61. The predicted molar refractivity (Wildman–Crippen MR) is 108 cm³/mol. The standard InChI is InChI=1S/C17H25N5O.HI/c1-14(13-23-3)21-17(18-2)19-11-15-6-4-7-16(10-15)12-22-9-5-8-20-22;/h4-10,14H,11-13H2,1-3H3,(H2,18,19,21);1H. The zero-order valence-corrected chi connectivity index (χ0v) is 16.7. The number of guanidine groups is 1. The molecule has 0 aliphatic rings. The van der Waals surface area contributed by atoms with Crippen molar-refractivity contribution in [3.05, 3.63) is 53.9 Å². The summed E-state index contributed by atoms with van der Waals surface area (Å²) in [5.74, 6) is 0.770. The van der Waals surface area contributed by atoms with Crippen molar-refractivity contribution < 1.29 is 4.74 Å². The number of halogens is 1. The van der Waals surface area contributed by atoms with Crippen molar-refractivity contribution in [3.8, 4) is 0 Å². The molecule has 0 aliphatic heterocycles. The monoisotopic (exact) mass is 443 g/mol. The van der Waals surface area contributed by atoms with Gasteiger partial charge in [0.25, 0.3) is 0 Å². The lowest BCUT2D eigenvalue weighted by Crippen LogP contribution is -2.43. The van der Waals surface area contributed by atoms with Gasteiger partial charge in [0, 0.05) is 39.1 Å². The predicted octanol–water partition coefficient (Wildman–Crippen LogP) is 2.25. The first-order chi connectivity index (χ1) is 11.2. The molecule has 1 heterocycles. The molecule has 0 saturated heterocycles. The van der Waals surface area contributed by atoms with E-state index in [0.717, 1.165) is 12.5 Å². The van der Waals surface area contributed by atoms with Crippen molar-refractivity contribution in [1.29, 1.82) is 0 Å². The Bertz CT molecular complexity index is 615. The van der Waals surface area contributed by atoms with Crippen molar-refractivity contribution in [2.24, 2.45) is 4.99 Å². The fraction of sp³-hybridized carbons (Fsp3) is 0.412. The topological polar surface area (TPSA) is 63.5 Å². The molecule has 0 saturated carbocycles. The molecular weight excluding hydrogens is 417 g/mol. The maximum absolute atomic E-state index is 5.12. The van der Waals surface area contributed by atoms with Gasteiger partial charge in [0.2, 0.25) is 0 Å². The highest BCUT2D eigenvalue weighted by molar-refractivity contribution is 14.0. The number of ether oxygens (including phenoxy) is 1. The van der Waals surface area contributed by atoms with E-state index in [1.54, 1.807) is 20.4 Å². The summed E-state index contributed by atoms with van der Waals surface area (Å²) in [5, 5.41) is 10.8. The first-order valence-electron chi connectivity index (χ1n) is 7.72. The molecule has 1 atom stereocenters. The molecule has 0 bridgehead atoms. The van der Waals surface area contributed by atoms with E-state index >= 15 is 0 Å². The number of nitrogens with one attached hydrogen (secondary N) is 2. The Balaban J connectivity index is 0.00000288. The van der Waals surface area contributed by atoms with E-state index < -0.39 is 0 Å². The quantitative estimate of drug-likeness (QED) is 0.392. The van der Waals surface area contributed by atoms with Crippen LogP contribution in [0.25, 0.3) is 0 Å². The molecule has 2 N–H and O–H groups in total. The lowest BCUT2D eigenvalue weighted by atomic mass is 10.1. The first kappa shape index (κ1) is 20.4. The highest BCUT2D eigenvalue weighted by Gasteiger charge is 2.05. The summed E-state index contributed by atoms with van der Waals surface area (Å²) in [4.78, 5) is 4.23. The number of hydrogen-bond donors (Lipinski definition) is 2. The number of aromatic nitrogens is 2. The minimum absolute atomic E-state index is 0. The third kappa shape index (κ3) is 6.88. The van der Waals surface area contributed by atoms with Crippen LogP contribution in [0.3, 0.4) is 0 Å². The summed E-state index contributed by atoms with van der Waals surface area (Å²) in [5.41, 5.74) is 2.43. The van der Waals surface area contributed by atoms with Gasteiger partial charge in [-0.05, 0) is 24.1 Å². The number of aliphatic imine (C=N–C) groups is 1. The van der Waals surface area contributed by atoms with E-state index in [1.165, 1.54) is 11.1 Å². The fourth-order valence-electron chi connectivity index (χ4n) is 2.32. The Kier molecular flexibility index (Phi) is 9.39. The molecule has 0 amide bonds. The second-order valence-electron chi connectivity index (χ2n) is 5.45. The molecule has 0 radical (unpaired) electrons. The van der Waals surface area contributed by atoms with Crippen LogP contribution in [0, 0.1) is 0 Å². The Morgan fingerprint density at radius 2 is 2.12 bits per heavy atom. The summed E-state index contributed by atoms with van der Waals surface area (Å²) in [7, 11) is 3.46. The van der Waals surface area contributed by atoms with E-state index in [-0.39, 0.29) is 30.0 Å². The van der Waals surface area contributed by atoms with Crippen LogP contribution in [-0.2, 0) is 17.8 Å². The van der Waals surface area contributed by atoms with Gasteiger partial charge in [-0.3, -0.25) is 9.67 Å². The molecule has 2 aromatic rings. The summed E-state index contributed by atoms with van der Waals surface area (Å²) in [6.45, 7) is 4.19. The van der Waals surface area contributed by atoms with Gasteiger partial charge < -0.3 is 15.4 Å². The molecule has 0 fully saturated rings. The average molecular weight is 443 g/mol. The molecule has 7 heteroatoms. The van der Waals surface area contributed by atoms with E-state index in [1.807, 2.05) is 16.9 Å². The molecule has 24 heavy (non-hydrogen) atoms. The van der Waals surface area contributed by atoms with Crippen molar-refractivity contribution in [1.82, 2.24) is 20.4 Å². The van der Waals surface area contributed by atoms with Gasteiger partial charge in [-0.25, -0.2) is 0 Å². The Labute approximate surface area is 160 Å². The van der Waals surface area contributed by atoms with Gasteiger partial charge in [-0.2, -0.15) is 5.10 Å². The zero-order valence-electron chi connectivity index (χ0n) is 14.4. The van der Waals surface area contributed by atoms with Gasteiger partial charge in [0.15, 0.2) is 5.96 Å². The second-order valence-corrected chi connectivity index (χ2v) is 5.45. The molecule has 2 rings (SSSR count). The van der Waals surface area contributed by atoms with Crippen LogP contribution in [0.2, 0.25) is 0 Å². The van der Waals surface area contributed by atoms with Crippen LogP contribution in [0.5, 0.6) is 0 Å². The van der Waals surface area contributed by atoms with Crippen molar-refractivity contribution in [2.45, 2.75) is 26.1 Å². The van der Waals surface area contributed by atoms with Gasteiger partial charge in [0.05, 0.1) is 13.2 Å². The molecular formula is C17H26IN5O. The number of rotatable bonds is 7. The number of nitrogens with zero attached hydrogens (tertiary/aromatic N) is 3. The second kappa shape index (κ2) is 11.0. The van der Waals surface area contributed by atoms with E-state index in [4.69, 9.17) is 4.74 Å². The zero-order chi connectivity index (χ0) is 16.5. The molecule has 132 valence electrons. The van der Waals surface area contributed by atoms with Crippen LogP contribution < -0.4 is 10.6 Å². The van der Waals surface area contributed by atoms with Gasteiger partial charge >= 0.3 is 0 Å². The van der Waals surface area contributed by atoms with E-state index in [2.05, 4.69) is 51.9 Å². The Morgan fingerprint density at radius 1 is 1.33 bits per heavy atom. The minimum Gasteiger partial charge on any atom is -0.383 e. The summed E-state index contributed by atoms with van der Waals surface area (Å²) in [6, 6.07) is 10.6. The molecule has 6 nitrogen and oxygen atoms in total. The smallest absolute Gasteiger partial charge is 0.191 e. The van der Waals surface area contributed by atoms with E-state index in [9.17, 15) is 0 Å². The fourth-order valence-corrected chi connectivity index (χ4v) is 2.32. The Morgan fingerprint density at radius 3 is 2.79 bits per heavy atom. The first-order valence-corrected chi connectivity index (χ1v) is 7.72. The number of benzene rings is 1. The third-order valence-electron chi connectivity index (χ3n) is 3.38. The maximum atomic E-state index is 5.12. The van der Waals surface area contributed by atoms with Crippen molar-refractivity contribution in [3.63, 3.8) is 0 Å². The molecule has 0 aliphatic carbocycles. The summed E-state index contributed by atoms with van der Waals surface area (Å²) < 4.78 is 7.04. The van der Waals surface area contributed by atoms with E-state index in [0.29, 0.717) is 13.2 Å². The average Bonchev–Trinajstić information content (AvgIpc) is 3.05. The van der Waals surface area contributed by atoms with Crippen molar-refractivity contribution >= 4 is 29.9 Å². The molecule has 1 aromatic carbocycles. The normalized spacial score (nSPS) is 12.4. The number of methoxy groups -OCH3 is 1. The third-order valence-corrected chi connectivity index (χ3v) is 3.38. The van der Waals surface area contributed by atoms with Crippen LogP contribution in [0.1, 0.15) is 18.1 Å². The van der Waals surface area contributed by atoms with Crippen LogP contribution in [-0.4, -0.2) is 42.5 Å². The highest BCUT2D eigenvalue weighted by Crippen LogP contribution is 2.07. The molecule has 1 aromatic heterocycles. The van der Waals surface area contributed by atoms with Crippen LogP contribution in [0.15, 0.2) is 47.7 Å². The van der Waals surface area contributed by atoms with Gasteiger partial charge in [-0.1, -0.05) is 24.3 Å². The lowest BCUT2D eigenvalue weighted by Gasteiger charge is -2.17. The minimum atomic E-state index is 0. The lowest BCUT2D eigenvalue weighted by molar-refractivity contribution is 0.179. The number of hydrogen-bond acceptors (Lipinski definition) is 3. The molecule has 1 unspecified atom stereocenters. The summed E-state index contributed by atoms with van der Waals surface area (Å²) >= 11 is 0. The maximum Gasteiger partial charge on any atom is 0.191 e. The SMILES string of the molecule is CN=C(NCc1cccc(Cn2cccn2)c1)NC(C)COC.I. The largest absolute Gasteiger partial charge is 0.383 e. The van der Waals surface area contributed by atoms with Gasteiger partial charge in [0.1, 0.15) is 0 Å². The van der Waals surface area contributed by atoms with Gasteiger partial charge in [-0.15, -0.1) is 24.0 Å². The van der Waals surface area contributed by atoms with Crippen LogP contribution >= 0.6 is 24.0 Å². The highest BCUT2D eigenvalue weighted by atomic mass is 127. The molecule has 0 spiro atoms. The van der Waals surface area contributed by atoms with Crippen LogP contribution in [0.4, 0.5) is 0 Å².